The summed E-state index contributed by atoms with van der Waals surface area (Å²) in [5, 5.41) is 26.2. The molecule has 4 atom stereocenters. The maximum Gasteiger partial charge on any atom is 0.326 e. The van der Waals surface area contributed by atoms with Crippen LogP contribution in [0.1, 0.15) is 25.7 Å². The highest BCUT2D eigenvalue weighted by Crippen LogP contribution is 2.05. The predicted molar refractivity (Wildman–Crippen MR) is 134 cm³/mol. The first-order valence-electron chi connectivity index (χ1n) is 10.6. The van der Waals surface area contributed by atoms with Gasteiger partial charge in [-0.05, 0) is 49.7 Å². The van der Waals surface area contributed by atoms with Crippen LogP contribution in [0, 0.1) is 0 Å². The lowest BCUT2D eigenvalue weighted by Crippen LogP contribution is -2.58. The molecule has 0 fully saturated rings. The van der Waals surface area contributed by atoms with E-state index >= 15 is 0 Å². The molecule has 0 aliphatic rings. The first kappa shape index (κ1) is 31.8. The molecule has 0 radical (unpaired) electrons. The van der Waals surface area contributed by atoms with Crippen molar-refractivity contribution in [1.29, 1.82) is 0 Å². The number of carboxylic acid groups (broad SMARTS) is 1. The van der Waals surface area contributed by atoms with E-state index in [1.165, 1.54) is 23.5 Å². The summed E-state index contributed by atoms with van der Waals surface area (Å²) in [6.45, 7) is -0.540. The normalized spacial score (nSPS) is 14.2. The highest BCUT2D eigenvalue weighted by Gasteiger charge is 2.29. The Balaban J connectivity index is 5.32. The summed E-state index contributed by atoms with van der Waals surface area (Å²) >= 11 is 2.94. The summed E-state index contributed by atoms with van der Waals surface area (Å²) in [6.07, 6.45) is 4.64. The first-order chi connectivity index (χ1) is 16.1. The molecule has 3 amide bonds. The number of aliphatic carboxylic acids is 1. The Morgan fingerprint density at radius 1 is 0.853 bits per heavy atom. The van der Waals surface area contributed by atoms with Gasteiger partial charge in [-0.3, -0.25) is 19.4 Å². The van der Waals surface area contributed by atoms with Crippen LogP contribution in [0.3, 0.4) is 0 Å². The Labute approximate surface area is 207 Å². The lowest BCUT2D eigenvalue weighted by Gasteiger charge is -2.24. The largest absolute Gasteiger partial charge is 0.480 e. The average molecular weight is 524 g/mol. The molecule has 4 unspecified atom stereocenters. The second-order valence-electron chi connectivity index (χ2n) is 7.32. The van der Waals surface area contributed by atoms with Gasteiger partial charge in [0.25, 0.3) is 0 Å². The number of thioether (sulfide) groups is 2. The van der Waals surface area contributed by atoms with Gasteiger partial charge >= 0.3 is 5.97 Å². The minimum atomic E-state index is -1.34. The van der Waals surface area contributed by atoms with Gasteiger partial charge in [0.05, 0.1) is 12.6 Å². The number of carbonyl (C=O) groups is 4. The van der Waals surface area contributed by atoms with Crippen LogP contribution in [0.25, 0.3) is 0 Å². The number of carbonyl (C=O) groups excluding carboxylic acids is 3. The third-order valence-corrected chi connectivity index (χ3v) is 5.88. The minimum Gasteiger partial charge on any atom is -0.480 e. The number of amides is 3. The molecule has 34 heavy (non-hydrogen) atoms. The maximum absolute atomic E-state index is 12.8. The fourth-order valence-electron chi connectivity index (χ4n) is 2.66. The van der Waals surface area contributed by atoms with Gasteiger partial charge < -0.3 is 43.4 Å². The zero-order valence-electron chi connectivity index (χ0n) is 19.5. The third kappa shape index (κ3) is 13.5. The molecule has 0 saturated carbocycles. The van der Waals surface area contributed by atoms with Crippen LogP contribution in [-0.4, -0.2) is 101 Å². The highest BCUT2D eigenvalue weighted by atomic mass is 32.2. The Hall–Kier alpha value is -2.23. The van der Waals surface area contributed by atoms with Crippen LogP contribution >= 0.6 is 23.5 Å². The van der Waals surface area contributed by atoms with Crippen LogP contribution in [0.15, 0.2) is 4.99 Å². The van der Waals surface area contributed by atoms with Crippen molar-refractivity contribution in [2.24, 2.45) is 22.2 Å². The number of aliphatic imine (C=N–C) groups is 1. The Kier molecular flexibility index (Phi) is 17.0. The van der Waals surface area contributed by atoms with Gasteiger partial charge in [-0.25, -0.2) is 4.79 Å². The summed E-state index contributed by atoms with van der Waals surface area (Å²) in [5.74, 6) is -2.32. The van der Waals surface area contributed by atoms with Gasteiger partial charge in [0.2, 0.25) is 17.7 Å². The van der Waals surface area contributed by atoms with E-state index in [1.54, 1.807) is 0 Å². The van der Waals surface area contributed by atoms with Crippen LogP contribution < -0.4 is 33.2 Å². The molecule has 0 rings (SSSR count). The fraction of sp³-hybridized carbons (Fsp3) is 0.737. The molecular weight excluding hydrogens is 486 g/mol. The van der Waals surface area contributed by atoms with Crippen LogP contribution in [0.5, 0.6) is 0 Å². The summed E-state index contributed by atoms with van der Waals surface area (Å²) in [7, 11) is 0. The van der Waals surface area contributed by atoms with Gasteiger partial charge in [-0.1, -0.05) is 0 Å². The molecule has 0 aromatic heterocycles. The molecule has 0 aromatic rings. The van der Waals surface area contributed by atoms with Gasteiger partial charge in [-0.15, -0.1) is 0 Å². The molecule has 0 aliphatic carbocycles. The van der Waals surface area contributed by atoms with E-state index in [2.05, 4.69) is 20.9 Å². The van der Waals surface area contributed by atoms with Crippen molar-refractivity contribution in [2.45, 2.75) is 49.9 Å². The number of aliphatic hydroxyl groups is 1. The van der Waals surface area contributed by atoms with E-state index in [4.69, 9.17) is 17.2 Å². The van der Waals surface area contributed by atoms with Crippen molar-refractivity contribution < 1.29 is 29.4 Å². The summed E-state index contributed by atoms with van der Waals surface area (Å²) in [4.78, 5) is 53.0. The standard InChI is InChI=1S/C19H37N7O6S2/c1-33-8-5-11(20)15(28)26-14(10-27)17(30)24-12(4-3-7-23-19(21)22)16(29)25-13(18(31)32)6-9-34-2/h11-14,27H,3-10,20H2,1-2H3,(H,24,30)(H,25,29)(H,26,28)(H,31,32)(H4,21,22,23). The van der Waals surface area contributed by atoms with Crippen molar-refractivity contribution in [3.63, 3.8) is 0 Å². The number of rotatable bonds is 18. The van der Waals surface area contributed by atoms with Gasteiger partial charge in [0.15, 0.2) is 5.96 Å². The van der Waals surface area contributed by atoms with Crippen LogP contribution in [-0.2, 0) is 19.2 Å². The molecule has 0 bridgehead atoms. The number of carboxylic acids is 1. The van der Waals surface area contributed by atoms with Crippen molar-refractivity contribution in [1.82, 2.24) is 16.0 Å². The molecule has 13 nitrogen and oxygen atoms in total. The molecule has 11 N–H and O–H groups in total. The number of hydrogen-bond donors (Lipinski definition) is 8. The first-order valence-corrected chi connectivity index (χ1v) is 13.4. The predicted octanol–water partition coefficient (Wildman–Crippen LogP) is -2.60. The van der Waals surface area contributed by atoms with Crippen LogP contribution in [0.4, 0.5) is 0 Å². The number of nitrogens with one attached hydrogen (secondary N) is 3. The maximum atomic E-state index is 12.8. The van der Waals surface area contributed by atoms with Crippen molar-refractivity contribution in [3.05, 3.63) is 0 Å². The fourth-order valence-corrected chi connectivity index (χ4v) is 3.62. The summed E-state index contributed by atoms with van der Waals surface area (Å²) < 4.78 is 0. The molecular formula is C19H37N7O6S2. The van der Waals surface area contributed by atoms with Crippen LogP contribution in [0.2, 0.25) is 0 Å². The molecule has 196 valence electrons. The van der Waals surface area contributed by atoms with Gasteiger partial charge in [0.1, 0.15) is 18.1 Å². The molecule has 0 aliphatic heterocycles. The lowest BCUT2D eigenvalue weighted by atomic mass is 10.1. The quantitative estimate of drug-likeness (QED) is 0.0527. The summed E-state index contributed by atoms with van der Waals surface area (Å²) in [5.41, 5.74) is 16.4. The topological polar surface area (TPSA) is 235 Å². The monoisotopic (exact) mass is 523 g/mol. The SMILES string of the molecule is CSCCC(N)C(=O)NC(CO)C(=O)NC(CCCN=C(N)N)C(=O)NC(CCSC)C(=O)O. The lowest BCUT2D eigenvalue weighted by molar-refractivity contribution is -0.142. The number of nitrogens with zero attached hydrogens (tertiary/aromatic N) is 1. The smallest absolute Gasteiger partial charge is 0.326 e. The second-order valence-corrected chi connectivity index (χ2v) is 9.29. The molecule has 0 heterocycles. The number of hydrogen-bond acceptors (Lipinski definition) is 9. The third-order valence-electron chi connectivity index (χ3n) is 4.59. The number of aliphatic hydroxyl groups excluding tert-OH is 1. The molecule has 15 heteroatoms. The molecule has 0 spiro atoms. The zero-order valence-corrected chi connectivity index (χ0v) is 21.1. The van der Waals surface area contributed by atoms with Gasteiger partial charge in [-0.2, -0.15) is 23.5 Å². The van der Waals surface area contributed by atoms with E-state index in [9.17, 15) is 29.4 Å². The van der Waals surface area contributed by atoms with Crippen molar-refractivity contribution in [3.8, 4) is 0 Å². The zero-order chi connectivity index (χ0) is 26.1. The summed E-state index contributed by atoms with van der Waals surface area (Å²) in [6, 6.07) is -4.48. The number of nitrogens with two attached hydrogens (primary N) is 3. The van der Waals surface area contributed by atoms with E-state index in [-0.39, 0.29) is 25.3 Å². The van der Waals surface area contributed by atoms with E-state index in [0.717, 1.165) is 0 Å². The van der Waals surface area contributed by atoms with E-state index < -0.39 is 54.5 Å². The average Bonchev–Trinajstić information content (AvgIpc) is 2.79. The Bertz CT molecular complexity index is 694. The van der Waals surface area contributed by atoms with E-state index in [0.29, 0.717) is 24.3 Å². The highest BCUT2D eigenvalue weighted by molar-refractivity contribution is 7.98. The number of guanidine groups is 1. The minimum absolute atomic E-state index is 0.0859. The molecule has 0 saturated heterocycles. The second kappa shape index (κ2) is 18.1. The van der Waals surface area contributed by atoms with Gasteiger partial charge in [0, 0.05) is 6.54 Å². The van der Waals surface area contributed by atoms with Crippen molar-refractivity contribution in [2.75, 3.05) is 37.2 Å². The molecule has 0 aromatic carbocycles. The van der Waals surface area contributed by atoms with E-state index in [1.807, 2.05) is 12.5 Å². The van der Waals surface area contributed by atoms with Crippen molar-refractivity contribution >= 4 is 53.2 Å². The Morgan fingerprint density at radius 3 is 1.91 bits per heavy atom. The Morgan fingerprint density at radius 2 is 1.38 bits per heavy atom.